The van der Waals surface area contributed by atoms with E-state index in [1.54, 1.807) is 0 Å². The van der Waals surface area contributed by atoms with Gasteiger partial charge in [0, 0.05) is 12.6 Å². The molecule has 0 saturated heterocycles. The minimum Gasteiger partial charge on any atom is -0.368 e. The van der Waals surface area contributed by atoms with Crippen molar-refractivity contribution in [1.82, 2.24) is 4.90 Å². The Hall–Kier alpha value is -1.14. The lowest BCUT2D eigenvalue weighted by Crippen LogP contribution is -2.47. The maximum atomic E-state index is 11.4. The maximum Gasteiger partial charge on any atom is 0.251 e. The van der Waals surface area contributed by atoms with E-state index in [9.17, 15) is 18.3 Å². The molecule has 6 heteroatoms. The molecule has 1 atom stereocenters. The first-order valence-electron chi connectivity index (χ1n) is 3.97. The zero-order valence-electron chi connectivity index (χ0n) is 8.10. The van der Waals surface area contributed by atoms with Crippen LogP contribution < -0.4 is 0 Å². The molecule has 1 aliphatic heterocycles. The molecule has 1 heterocycles. The van der Waals surface area contributed by atoms with Crippen molar-refractivity contribution in [2.24, 2.45) is 0 Å². The van der Waals surface area contributed by atoms with E-state index in [2.05, 4.69) is 0 Å². The summed E-state index contributed by atoms with van der Waals surface area (Å²) >= 11 is 0. The van der Waals surface area contributed by atoms with Crippen molar-refractivity contribution in [2.45, 2.75) is 20.1 Å². The fourth-order valence-corrected chi connectivity index (χ4v) is 2.03. The third-order valence-corrected chi connectivity index (χ3v) is 3.23. The van der Waals surface area contributed by atoms with Gasteiger partial charge >= 0.3 is 0 Å². The molecule has 78 valence electrons. The Morgan fingerprint density at radius 2 is 1.79 bits per heavy atom. The van der Waals surface area contributed by atoms with Crippen LogP contribution in [-0.2, 0) is 15.1 Å². The van der Waals surface area contributed by atoms with Gasteiger partial charge in [0.2, 0.25) is 10.3 Å². The van der Waals surface area contributed by atoms with Gasteiger partial charge in [-0.3, -0.25) is 4.79 Å². The second-order valence-corrected chi connectivity index (χ2v) is 4.05. The SMILES string of the molecule is CC1=C(C)C(=S(=O)=O)C(O)N(C)C1=O. The van der Waals surface area contributed by atoms with Crippen molar-refractivity contribution in [2.75, 3.05) is 7.05 Å². The van der Waals surface area contributed by atoms with E-state index in [-0.39, 0.29) is 10.8 Å². The van der Waals surface area contributed by atoms with E-state index < -0.39 is 16.5 Å². The van der Waals surface area contributed by atoms with Gasteiger partial charge in [-0.2, -0.15) is 8.42 Å². The van der Waals surface area contributed by atoms with E-state index >= 15 is 0 Å². The van der Waals surface area contributed by atoms with Crippen molar-refractivity contribution in [1.29, 1.82) is 0 Å². The Labute approximate surface area is 83.2 Å². The summed E-state index contributed by atoms with van der Waals surface area (Å²) in [6.45, 7) is 3.04. The maximum absolute atomic E-state index is 11.4. The standard InChI is InChI=1S/C8H11NO4S/c1-4-5(2)7(10)9(3)8(11)6(4)14(12)13/h8,11H,1-3H3. The molecule has 1 aliphatic rings. The topological polar surface area (TPSA) is 74.7 Å². The Bertz CT molecular complexity index is 438. The van der Waals surface area contributed by atoms with Crippen LogP contribution in [0.3, 0.4) is 0 Å². The summed E-state index contributed by atoms with van der Waals surface area (Å²) < 4.78 is 21.6. The highest BCUT2D eigenvalue weighted by Crippen LogP contribution is 2.18. The highest BCUT2D eigenvalue weighted by atomic mass is 32.2. The number of rotatable bonds is 0. The van der Waals surface area contributed by atoms with Crippen molar-refractivity contribution < 1.29 is 18.3 Å². The van der Waals surface area contributed by atoms with E-state index in [0.717, 1.165) is 4.90 Å². The van der Waals surface area contributed by atoms with Gasteiger partial charge in [-0.25, -0.2) is 0 Å². The molecular formula is C8H11NO4S. The Balaban J connectivity index is 3.52. The molecule has 0 saturated carbocycles. The molecule has 5 nitrogen and oxygen atoms in total. The van der Waals surface area contributed by atoms with E-state index in [1.807, 2.05) is 0 Å². The zero-order chi connectivity index (χ0) is 11.0. The summed E-state index contributed by atoms with van der Waals surface area (Å²) in [5.41, 5.74) is 0.672. The third-order valence-electron chi connectivity index (χ3n) is 2.35. The van der Waals surface area contributed by atoms with Gasteiger partial charge in [-0.05, 0) is 19.4 Å². The largest absolute Gasteiger partial charge is 0.368 e. The lowest BCUT2D eigenvalue weighted by Gasteiger charge is -2.29. The number of nitrogens with zero attached hydrogens (tertiary/aromatic N) is 1. The number of aliphatic hydroxyl groups excluding tert-OH is 1. The first-order chi connectivity index (χ1) is 6.37. The molecule has 0 spiro atoms. The van der Waals surface area contributed by atoms with Gasteiger partial charge in [-0.1, -0.05) is 0 Å². The van der Waals surface area contributed by atoms with Gasteiger partial charge in [0.05, 0.1) is 0 Å². The summed E-state index contributed by atoms with van der Waals surface area (Å²) in [5.74, 6) is -0.357. The van der Waals surface area contributed by atoms with Crippen LogP contribution in [-0.4, -0.2) is 42.5 Å². The highest BCUT2D eigenvalue weighted by molar-refractivity contribution is 7.73. The van der Waals surface area contributed by atoms with Crippen LogP contribution in [0.5, 0.6) is 0 Å². The summed E-state index contributed by atoms with van der Waals surface area (Å²) in [6.07, 6.45) is -1.37. The molecule has 1 amide bonds. The van der Waals surface area contributed by atoms with Crippen LogP contribution in [0.1, 0.15) is 13.8 Å². The average molecular weight is 217 g/mol. The number of likely N-dealkylation sites (N-methyl/N-ethyl adjacent to an activating group) is 1. The average Bonchev–Trinajstić information content (AvgIpc) is 2.11. The number of hydrogen-bond acceptors (Lipinski definition) is 4. The molecule has 0 fully saturated rings. The Morgan fingerprint density at radius 3 is 2.21 bits per heavy atom. The number of carbonyl (C=O) groups is 1. The molecule has 1 unspecified atom stereocenters. The number of aliphatic hydroxyl groups is 1. The van der Waals surface area contributed by atoms with Gasteiger partial charge in [0.15, 0.2) is 6.23 Å². The lowest BCUT2D eigenvalue weighted by molar-refractivity contribution is -0.131. The predicted octanol–water partition coefficient (Wildman–Crippen LogP) is -0.835. The minimum absolute atomic E-state index is 0.135. The van der Waals surface area contributed by atoms with Crippen molar-refractivity contribution in [3.05, 3.63) is 11.1 Å². The number of amides is 1. The molecular weight excluding hydrogens is 206 g/mol. The molecule has 1 N–H and O–H groups in total. The van der Waals surface area contributed by atoms with E-state index in [4.69, 9.17) is 0 Å². The molecule has 0 aliphatic carbocycles. The normalized spacial score (nSPS) is 23.1. The van der Waals surface area contributed by atoms with Gasteiger partial charge in [0.25, 0.3) is 5.91 Å². The zero-order valence-corrected chi connectivity index (χ0v) is 8.92. The molecule has 0 bridgehead atoms. The van der Waals surface area contributed by atoms with Crippen molar-refractivity contribution in [3.8, 4) is 0 Å². The minimum atomic E-state index is -2.50. The molecule has 14 heavy (non-hydrogen) atoms. The molecule has 0 radical (unpaired) electrons. The fourth-order valence-electron chi connectivity index (χ4n) is 1.30. The van der Waals surface area contributed by atoms with Crippen LogP contribution >= 0.6 is 0 Å². The van der Waals surface area contributed by atoms with Crippen LogP contribution in [0, 0.1) is 0 Å². The molecule has 1 rings (SSSR count). The first-order valence-corrected chi connectivity index (χ1v) is 5.04. The van der Waals surface area contributed by atoms with E-state index in [1.165, 1.54) is 20.9 Å². The van der Waals surface area contributed by atoms with Crippen molar-refractivity contribution >= 4 is 21.1 Å². The van der Waals surface area contributed by atoms with Crippen LogP contribution in [0.15, 0.2) is 11.1 Å². The quantitative estimate of drug-likeness (QED) is 0.537. The summed E-state index contributed by atoms with van der Waals surface area (Å²) in [7, 11) is -1.15. The Kier molecular flexibility index (Phi) is 2.77. The van der Waals surface area contributed by atoms with Crippen LogP contribution in [0.2, 0.25) is 0 Å². The Morgan fingerprint density at radius 1 is 1.29 bits per heavy atom. The summed E-state index contributed by atoms with van der Waals surface area (Å²) in [5, 5.41) is 9.51. The number of carbonyl (C=O) groups excluding carboxylic acids is 1. The lowest BCUT2D eigenvalue weighted by atomic mass is 10.0. The first kappa shape index (κ1) is 10.9. The van der Waals surface area contributed by atoms with Crippen molar-refractivity contribution in [3.63, 3.8) is 0 Å². The monoisotopic (exact) mass is 217 g/mol. The van der Waals surface area contributed by atoms with Gasteiger partial charge < -0.3 is 10.0 Å². The third kappa shape index (κ3) is 1.46. The molecule has 0 aromatic rings. The van der Waals surface area contributed by atoms with Gasteiger partial charge in [-0.15, -0.1) is 0 Å². The molecule has 0 aromatic heterocycles. The highest BCUT2D eigenvalue weighted by Gasteiger charge is 2.32. The van der Waals surface area contributed by atoms with Gasteiger partial charge in [0.1, 0.15) is 4.86 Å². The second-order valence-electron chi connectivity index (χ2n) is 3.14. The van der Waals surface area contributed by atoms with Crippen LogP contribution in [0.4, 0.5) is 0 Å². The van der Waals surface area contributed by atoms with Crippen LogP contribution in [0.25, 0.3) is 0 Å². The fraction of sp³-hybridized carbons (Fsp3) is 0.500. The second kappa shape index (κ2) is 3.55. The predicted molar refractivity (Wildman–Crippen MR) is 51.1 cm³/mol. The molecule has 0 aromatic carbocycles. The summed E-state index contributed by atoms with van der Waals surface area (Å²) in [6, 6.07) is 0. The summed E-state index contributed by atoms with van der Waals surface area (Å²) in [4.78, 5) is 12.3. The smallest absolute Gasteiger partial charge is 0.251 e. The van der Waals surface area contributed by atoms with E-state index in [0.29, 0.717) is 11.1 Å². The number of hydrogen-bond donors (Lipinski definition) is 1.